The fourth-order valence-corrected chi connectivity index (χ4v) is 2.39. The molecule has 5 nitrogen and oxygen atoms in total. The smallest absolute Gasteiger partial charge is 0.251 e. The largest absolute Gasteiger partial charge is 0.357 e. The monoisotopic (exact) mass is 484 g/mol. The molecule has 1 aromatic carbocycles. The van der Waals surface area contributed by atoms with Crippen LogP contribution in [-0.4, -0.2) is 37.5 Å². The van der Waals surface area contributed by atoms with Crippen LogP contribution in [0.15, 0.2) is 23.2 Å². The summed E-state index contributed by atoms with van der Waals surface area (Å²) >= 11 is 11.7. The summed E-state index contributed by atoms with van der Waals surface area (Å²) in [6, 6.07) is 5.33. The Bertz CT molecular complexity index is 597. The minimum atomic E-state index is -0.187. The second-order valence-corrected chi connectivity index (χ2v) is 6.42. The van der Waals surface area contributed by atoms with Gasteiger partial charge >= 0.3 is 0 Å². The predicted molar refractivity (Wildman–Crippen MR) is 111 cm³/mol. The Morgan fingerprint density at radius 1 is 1.29 bits per heavy atom. The van der Waals surface area contributed by atoms with Crippen LogP contribution >= 0.6 is 47.2 Å². The van der Waals surface area contributed by atoms with Gasteiger partial charge in [0, 0.05) is 24.7 Å². The van der Waals surface area contributed by atoms with Crippen LogP contribution in [0.1, 0.15) is 30.6 Å². The van der Waals surface area contributed by atoms with Gasteiger partial charge in [-0.15, -0.1) is 24.0 Å². The zero-order chi connectivity index (χ0) is 16.8. The summed E-state index contributed by atoms with van der Waals surface area (Å²) in [5.41, 5.74) is 0.486. The summed E-state index contributed by atoms with van der Waals surface area (Å²) < 4.78 is 0. The van der Waals surface area contributed by atoms with E-state index in [4.69, 9.17) is 23.2 Å². The molecule has 3 N–H and O–H groups in total. The molecule has 2 atom stereocenters. The average Bonchev–Trinajstić information content (AvgIpc) is 3.21. The normalized spacial score (nSPS) is 19.2. The molecule has 0 aliphatic heterocycles. The lowest BCUT2D eigenvalue weighted by Crippen LogP contribution is -2.39. The molecular weight excluding hydrogens is 462 g/mol. The first kappa shape index (κ1) is 21.3. The highest BCUT2D eigenvalue weighted by molar-refractivity contribution is 14.0. The first-order valence-electron chi connectivity index (χ1n) is 7.79. The van der Waals surface area contributed by atoms with Crippen molar-refractivity contribution in [2.45, 2.75) is 26.3 Å². The number of guanidine groups is 1. The van der Waals surface area contributed by atoms with Gasteiger partial charge in [-0.3, -0.25) is 9.79 Å². The highest BCUT2D eigenvalue weighted by Crippen LogP contribution is 2.28. The summed E-state index contributed by atoms with van der Waals surface area (Å²) in [6.07, 6.45) is 1.18. The van der Waals surface area contributed by atoms with Gasteiger partial charge in [0.15, 0.2) is 5.96 Å². The van der Waals surface area contributed by atoms with E-state index in [1.54, 1.807) is 18.2 Å². The molecule has 0 radical (unpaired) electrons. The van der Waals surface area contributed by atoms with Crippen LogP contribution in [0.4, 0.5) is 0 Å². The Balaban J connectivity index is 0.00000288. The summed E-state index contributed by atoms with van der Waals surface area (Å²) in [5, 5.41) is 10.2. The number of hydrogen-bond acceptors (Lipinski definition) is 2. The van der Waals surface area contributed by atoms with E-state index in [0.717, 1.165) is 12.5 Å². The van der Waals surface area contributed by atoms with Crippen LogP contribution in [0.3, 0.4) is 0 Å². The lowest BCUT2D eigenvalue weighted by molar-refractivity contribution is 0.0955. The summed E-state index contributed by atoms with van der Waals surface area (Å²) in [6.45, 7) is 6.00. The number of halogens is 3. The number of aliphatic imine (C=N–C) groups is 1. The summed E-state index contributed by atoms with van der Waals surface area (Å²) in [5.74, 6) is 1.31. The second kappa shape index (κ2) is 10.3. The third kappa shape index (κ3) is 6.64. The molecule has 8 heteroatoms. The maximum absolute atomic E-state index is 12.0. The van der Waals surface area contributed by atoms with Crippen molar-refractivity contribution in [2.24, 2.45) is 10.9 Å². The van der Waals surface area contributed by atoms with Crippen molar-refractivity contribution >= 4 is 59.0 Å². The van der Waals surface area contributed by atoms with Crippen LogP contribution < -0.4 is 16.0 Å². The Hall–Kier alpha value is -0.730. The van der Waals surface area contributed by atoms with E-state index in [1.807, 2.05) is 6.92 Å². The molecule has 0 spiro atoms. The molecule has 1 aromatic rings. The van der Waals surface area contributed by atoms with Crippen molar-refractivity contribution < 1.29 is 4.79 Å². The molecule has 0 heterocycles. The number of amides is 1. The minimum Gasteiger partial charge on any atom is -0.357 e. The second-order valence-electron chi connectivity index (χ2n) is 5.61. The lowest BCUT2D eigenvalue weighted by Gasteiger charge is -2.11. The van der Waals surface area contributed by atoms with Crippen LogP contribution in [0, 0.1) is 5.92 Å². The molecule has 0 bridgehead atoms. The number of rotatable bonds is 6. The van der Waals surface area contributed by atoms with Gasteiger partial charge in [0.05, 0.1) is 16.6 Å². The predicted octanol–water partition coefficient (Wildman–Crippen LogP) is 3.30. The molecule has 134 valence electrons. The molecule has 1 fully saturated rings. The molecule has 1 saturated carbocycles. The Labute approximate surface area is 170 Å². The topological polar surface area (TPSA) is 65.5 Å². The molecule has 1 aliphatic carbocycles. The van der Waals surface area contributed by atoms with Crippen molar-refractivity contribution in [3.05, 3.63) is 33.8 Å². The van der Waals surface area contributed by atoms with Gasteiger partial charge in [-0.25, -0.2) is 0 Å². The van der Waals surface area contributed by atoms with Crippen molar-refractivity contribution in [1.82, 2.24) is 16.0 Å². The Kier molecular flexibility index (Phi) is 9.15. The van der Waals surface area contributed by atoms with E-state index < -0.39 is 0 Å². The van der Waals surface area contributed by atoms with Crippen LogP contribution in [0.5, 0.6) is 0 Å². The zero-order valence-electron chi connectivity index (χ0n) is 13.7. The Morgan fingerprint density at radius 2 is 2.00 bits per heavy atom. The standard InChI is InChI=1S/C16H22Cl2N4O.HI/c1-3-19-16(22-14-8-10(14)2)21-7-6-20-15(23)11-4-5-12(17)13(18)9-11;/h4-5,9-10,14H,3,6-8H2,1-2H3,(H,20,23)(H2,19,21,22);1H. The molecule has 0 aromatic heterocycles. The average molecular weight is 485 g/mol. The van der Waals surface area contributed by atoms with E-state index in [9.17, 15) is 4.79 Å². The molecule has 1 aliphatic rings. The molecule has 1 amide bonds. The number of carbonyl (C=O) groups excluding carboxylic acids is 1. The van der Waals surface area contributed by atoms with Gasteiger partial charge in [-0.1, -0.05) is 30.1 Å². The van der Waals surface area contributed by atoms with Crippen molar-refractivity contribution in [1.29, 1.82) is 0 Å². The number of benzene rings is 1. The summed E-state index contributed by atoms with van der Waals surface area (Å²) in [4.78, 5) is 16.5. The molecular formula is C16H23Cl2IN4O. The van der Waals surface area contributed by atoms with Crippen molar-refractivity contribution in [2.75, 3.05) is 19.6 Å². The Morgan fingerprint density at radius 3 is 2.58 bits per heavy atom. The fourth-order valence-electron chi connectivity index (χ4n) is 2.10. The quantitative estimate of drug-likeness (QED) is 0.251. The summed E-state index contributed by atoms with van der Waals surface area (Å²) in [7, 11) is 0. The van der Waals surface area contributed by atoms with Crippen LogP contribution in [0.2, 0.25) is 10.0 Å². The molecule has 2 rings (SSSR count). The highest BCUT2D eigenvalue weighted by Gasteiger charge is 2.33. The number of nitrogens with one attached hydrogen (secondary N) is 3. The van der Waals surface area contributed by atoms with Crippen LogP contribution in [-0.2, 0) is 0 Å². The minimum absolute atomic E-state index is 0. The van der Waals surface area contributed by atoms with E-state index in [0.29, 0.717) is 40.7 Å². The lowest BCUT2D eigenvalue weighted by atomic mass is 10.2. The highest BCUT2D eigenvalue weighted by atomic mass is 127. The van der Waals surface area contributed by atoms with E-state index in [-0.39, 0.29) is 29.9 Å². The molecule has 24 heavy (non-hydrogen) atoms. The van der Waals surface area contributed by atoms with Gasteiger partial charge in [0.2, 0.25) is 0 Å². The maximum atomic E-state index is 12.0. The van der Waals surface area contributed by atoms with Gasteiger partial charge in [0.1, 0.15) is 0 Å². The SMILES string of the molecule is CCNC(=NCCNC(=O)c1ccc(Cl)c(Cl)c1)NC1CC1C.I. The van der Waals surface area contributed by atoms with E-state index >= 15 is 0 Å². The van der Waals surface area contributed by atoms with Gasteiger partial charge < -0.3 is 16.0 Å². The van der Waals surface area contributed by atoms with Crippen molar-refractivity contribution in [3.63, 3.8) is 0 Å². The fraction of sp³-hybridized carbons (Fsp3) is 0.500. The maximum Gasteiger partial charge on any atom is 0.251 e. The first-order valence-corrected chi connectivity index (χ1v) is 8.55. The first-order chi connectivity index (χ1) is 11.0. The number of carbonyl (C=O) groups is 1. The van der Waals surface area contributed by atoms with Gasteiger partial charge in [-0.2, -0.15) is 0 Å². The number of nitrogens with zero attached hydrogens (tertiary/aromatic N) is 1. The molecule has 0 saturated heterocycles. The third-order valence-electron chi connectivity index (χ3n) is 3.62. The third-order valence-corrected chi connectivity index (χ3v) is 4.36. The van der Waals surface area contributed by atoms with Crippen LogP contribution in [0.25, 0.3) is 0 Å². The van der Waals surface area contributed by atoms with Gasteiger partial charge in [-0.05, 0) is 37.5 Å². The zero-order valence-corrected chi connectivity index (χ0v) is 17.6. The van der Waals surface area contributed by atoms with E-state index in [1.165, 1.54) is 6.42 Å². The van der Waals surface area contributed by atoms with Gasteiger partial charge in [0.25, 0.3) is 5.91 Å². The number of hydrogen-bond donors (Lipinski definition) is 3. The molecule has 2 unspecified atom stereocenters. The van der Waals surface area contributed by atoms with Crippen molar-refractivity contribution in [3.8, 4) is 0 Å². The van der Waals surface area contributed by atoms with E-state index in [2.05, 4.69) is 27.9 Å².